The van der Waals surface area contributed by atoms with E-state index >= 15 is 0 Å². The van der Waals surface area contributed by atoms with Gasteiger partial charge in [0.05, 0.1) is 6.04 Å². The lowest BCUT2D eigenvalue weighted by atomic mass is 10.0. The molecule has 3 heteroatoms. The van der Waals surface area contributed by atoms with Crippen LogP contribution < -0.4 is 0 Å². The van der Waals surface area contributed by atoms with Crippen LogP contribution in [0.3, 0.4) is 0 Å². The molecule has 2 atom stereocenters. The average molecular weight is 250 g/mol. The molecule has 2 saturated heterocycles. The van der Waals surface area contributed by atoms with Crippen molar-refractivity contribution in [1.82, 2.24) is 4.90 Å². The van der Waals surface area contributed by atoms with Crippen LogP contribution in [-0.4, -0.2) is 16.8 Å². The second kappa shape index (κ2) is 4.34. The van der Waals surface area contributed by atoms with Gasteiger partial charge < -0.3 is 4.90 Å². The summed E-state index contributed by atoms with van der Waals surface area (Å²) in [5.74, 6) is 0.323. The maximum atomic E-state index is 12.0. The number of benzene rings is 1. The monoisotopic (exact) mass is 249 g/mol. The lowest BCUT2D eigenvalue weighted by molar-refractivity contribution is -0.136. The lowest BCUT2D eigenvalue weighted by Crippen LogP contribution is -2.40. The quantitative estimate of drug-likeness (QED) is 0.745. The summed E-state index contributed by atoms with van der Waals surface area (Å²) in [7, 11) is 0. The number of nitrogens with zero attached hydrogens (tertiary/aromatic N) is 1. The molecule has 17 heavy (non-hydrogen) atoms. The van der Waals surface area contributed by atoms with Gasteiger partial charge in [-0.05, 0) is 43.4 Å². The van der Waals surface area contributed by atoms with E-state index in [1.165, 1.54) is 12.0 Å². The van der Waals surface area contributed by atoms with Crippen LogP contribution in [0.2, 0.25) is 5.02 Å². The van der Waals surface area contributed by atoms with Crippen molar-refractivity contribution < 1.29 is 4.79 Å². The second-order valence-electron chi connectivity index (χ2n) is 5.00. The number of halogens is 1. The van der Waals surface area contributed by atoms with Crippen LogP contribution in [0.15, 0.2) is 24.3 Å². The highest BCUT2D eigenvalue weighted by atomic mass is 35.5. The summed E-state index contributed by atoms with van der Waals surface area (Å²) in [4.78, 5) is 14.1. The van der Waals surface area contributed by atoms with Gasteiger partial charge in [-0.2, -0.15) is 0 Å². The molecule has 2 fully saturated rings. The predicted molar refractivity (Wildman–Crippen MR) is 67.9 cm³/mol. The summed E-state index contributed by atoms with van der Waals surface area (Å²) in [6, 6.07) is 8.67. The van der Waals surface area contributed by atoms with Crippen molar-refractivity contribution in [2.75, 3.05) is 0 Å². The fraction of sp³-hybridized carbons (Fsp3) is 0.500. The van der Waals surface area contributed by atoms with Gasteiger partial charge in [-0.1, -0.05) is 23.7 Å². The molecule has 2 aliphatic heterocycles. The third-order valence-electron chi connectivity index (χ3n) is 3.95. The van der Waals surface area contributed by atoms with Crippen LogP contribution >= 0.6 is 11.6 Å². The number of piperidine rings is 1. The number of rotatable bonds is 1. The molecule has 1 amide bonds. The van der Waals surface area contributed by atoms with Crippen molar-refractivity contribution in [3.63, 3.8) is 0 Å². The Balaban J connectivity index is 1.91. The third kappa shape index (κ3) is 1.95. The first-order valence-corrected chi connectivity index (χ1v) is 6.70. The van der Waals surface area contributed by atoms with Crippen molar-refractivity contribution in [1.29, 1.82) is 0 Å². The van der Waals surface area contributed by atoms with Crippen molar-refractivity contribution in [2.45, 2.75) is 44.2 Å². The molecule has 1 unspecified atom stereocenters. The minimum absolute atomic E-state index is 0.256. The highest BCUT2D eigenvalue weighted by Crippen LogP contribution is 2.41. The summed E-state index contributed by atoms with van der Waals surface area (Å²) in [6.07, 6.45) is 5.16. The highest BCUT2D eigenvalue weighted by Gasteiger charge is 2.39. The SMILES string of the molecule is O=C1CCC[C@H]2CCC(c3cccc(Cl)c3)N12. The molecule has 0 spiro atoms. The second-order valence-corrected chi connectivity index (χ2v) is 5.43. The van der Waals surface area contributed by atoms with E-state index in [0.717, 1.165) is 24.3 Å². The standard InChI is InChI=1S/C14H16ClNO/c15-11-4-1-3-10(9-11)13-8-7-12-5-2-6-14(17)16(12)13/h1,3-4,9,12-13H,2,5-8H2/t12-,13?/m0/s1. The molecule has 0 radical (unpaired) electrons. The first kappa shape index (κ1) is 11.1. The summed E-state index contributed by atoms with van der Waals surface area (Å²) in [5.41, 5.74) is 1.19. The molecule has 1 aromatic rings. The zero-order valence-electron chi connectivity index (χ0n) is 9.73. The van der Waals surface area contributed by atoms with E-state index < -0.39 is 0 Å². The molecule has 1 aromatic carbocycles. The largest absolute Gasteiger partial charge is 0.333 e. The highest BCUT2D eigenvalue weighted by molar-refractivity contribution is 6.30. The minimum Gasteiger partial charge on any atom is -0.333 e. The maximum absolute atomic E-state index is 12.0. The van der Waals surface area contributed by atoms with Gasteiger partial charge in [-0.3, -0.25) is 4.79 Å². The molecule has 0 aliphatic carbocycles. The third-order valence-corrected chi connectivity index (χ3v) is 4.19. The van der Waals surface area contributed by atoms with Crippen molar-refractivity contribution >= 4 is 17.5 Å². The van der Waals surface area contributed by atoms with Crippen LogP contribution in [0, 0.1) is 0 Å². The number of fused-ring (bicyclic) bond motifs is 1. The van der Waals surface area contributed by atoms with E-state index in [2.05, 4.69) is 11.0 Å². The number of amides is 1. The van der Waals surface area contributed by atoms with Gasteiger partial charge in [-0.25, -0.2) is 0 Å². The predicted octanol–water partition coefficient (Wildman–Crippen LogP) is 3.56. The summed E-state index contributed by atoms with van der Waals surface area (Å²) in [6.45, 7) is 0. The van der Waals surface area contributed by atoms with Gasteiger partial charge in [0.15, 0.2) is 0 Å². The van der Waals surface area contributed by atoms with Crippen LogP contribution in [0.1, 0.15) is 43.7 Å². The Morgan fingerprint density at radius 3 is 2.94 bits per heavy atom. The number of carbonyl (C=O) groups is 1. The van der Waals surface area contributed by atoms with Crippen LogP contribution in [-0.2, 0) is 4.79 Å². The molecular formula is C14H16ClNO. The fourth-order valence-electron chi connectivity index (χ4n) is 3.20. The Hall–Kier alpha value is -1.02. The van der Waals surface area contributed by atoms with Gasteiger partial charge in [0.25, 0.3) is 0 Å². The number of hydrogen-bond donors (Lipinski definition) is 0. The minimum atomic E-state index is 0.256. The molecule has 0 aromatic heterocycles. The van der Waals surface area contributed by atoms with Gasteiger partial charge in [0.1, 0.15) is 0 Å². The topological polar surface area (TPSA) is 20.3 Å². The summed E-state index contributed by atoms with van der Waals surface area (Å²) < 4.78 is 0. The Kier molecular flexibility index (Phi) is 2.83. The van der Waals surface area contributed by atoms with E-state index in [-0.39, 0.29) is 6.04 Å². The number of carbonyl (C=O) groups excluding carboxylic acids is 1. The zero-order chi connectivity index (χ0) is 11.8. The smallest absolute Gasteiger partial charge is 0.223 e. The average Bonchev–Trinajstić information content (AvgIpc) is 2.74. The molecule has 0 N–H and O–H groups in total. The molecule has 0 saturated carbocycles. The molecule has 2 aliphatic rings. The Morgan fingerprint density at radius 2 is 2.12 bits per heavy atom. The van der Waals surface area contributed by atoms with Crippen LogP contribution in [0.4, 0.5) is 0 Å². The van der Waals surface area contributed by atoms with Crippen molar-refractivity contribution in [3.8, 4) is 0 Å². The lowest BCUT2D eigenvalue weighted by Gasteiger charge is -2.34. The van der Waals surface area contributed by atoms with Crippen LogP contribution in [0.25, 0.3) is 0 Å². The van der Waals surface area contributed by atoms with Gasteiger partial charge in [0.2, 0.25) is 5.91 Å². The molecule has 3 rings (SSSR count). The molecule has 90 valence electrons. The van der Waals surface area contributed by atoms with E-state index in [4.69, 9.17) is 11.6 Å². The first-order valence-electron chi connectivity index (χ1n) is 6.32. The van der Waals surface area contributed by atoms with Crippen molar-refractivity contribution in [2.24, 2.45) is 0 Å². The first-order chi connectivity index (χ1) is 8.25. The fourth-order valence-corrected chi connectivity index (χ4v) is 3.40. The number of hydrogen-bond acceptors (Lipinski definition) is 1. The van der Waals surface area contributed by atoms with E-state index in [1.807, 2.05) is 18.2 Å². The zero-order valence-corrected chi connectivity index (χ0v) is 10.5. The normalized spacial score (nSPS) is 28.3. The Labute approximate surface area is 107 Å². The molecule has 0 bridgehead atoms. The maximum Gasteiger partial charge on any atom is 0.223 e. The molecular weight excluding hydrogens is 234 g/mol. The van der Waals surface area contributed by atoms with Gasteiger partial charge >= 0.3 is 0 Å². The van der Waals surface area contributed by atoms with Crippen LogP contribution in [0.5, 0.6) is 0 Å². The van der Waals surface area contributed by atoms with Gasteiger partial charge in [0, 0.05) is 17.5 Å². The van der Waals surface area contributed by atoms with Gasteiger partial charge in [-0.15, -0.1) is 0 Å². The molecule has 2 nitrogen and oxygen atoms in total. The Morgan fingerprint density at radius 1 is 1.24 bits per heavy atom. The molecule has 2 heterocycles. The van der Waals surface area contributed by atoms with E-state index in [0.29, 0.717) is 18.4 Å². The summed E-state index contributed by atoms with van der Waals surface area (Å²) >= 11 is 6.03. The Bertz CT molecular complexity index is 446. The summed E-state index contributed by atoms with van der Waals surface area (Å²) in [5, 5.41) is 0.760. The van der Waals surface area contributed by atoms with E-state index in [9.17, 15) is 4.79 Å². The van der Waals surface area contributed by atoms with E-state index in [1.54, 1.807) is 0 Å². The van der Waals surface area contributed by atoms with Crippen molar-refractivity contribution in [3.05, 3.63) is 34.9 Å².